The highest BCUT2D eigenvalue weighted by Gasteiger charge is 2.43. The van der Waals surface area contributed by atoms with Gasteiger partial charge in [-0.25, -0.2) is 4.18 Å². The molecule has 90 valence electrons. The van der Waals surface area contributed by atoms with E-state index in [1.807, 2.05) is 0 Å². The van der Waals surface area contributed by atoms with Crippen molar-refractivity contribution in [2.24, 2.45) is 0 Å². The Morgan fingerprint density at radius 3 is 2.13 bits per heavy atom. The third-order valence-corrected chi connectivity index (χ3v) is 2.76. The molecule has 1 aliphatic rings. The van der Waals surface area contributed by atoms with Crippen molar-refractivity contribution in [1.82, 2.24) is 0 Å². The normalized spacial score (nSPS) is 42.9. The zero-order valence-corrected chi connectivity index (χ0v) is 9.09. The summed E-state index contributed by atoms with van der Waals surface area (Å²) in [6, 6.07) is 0. The quantitative estimate of drug-likeness (QED) is 0.516. The first-order valence-corrected chi connectivity index (χ1v) is 5.76. The fourth-order valence-electron chi connectivity index (χ4n) is 1.52. The molecule has 3 N–H and O–H groups in total. The van der Waals surface area contributed by atoms with Crippen molar-refractivity contribution in [3.8, 4) is 0 Å². The van der Waals surface area contributed by atoms with E-state index >= 15 is 0 Å². The summed E-state index contributed by atoms with van der Waals surface area (Å²) in [6.45, 7) is 3.01. The van der Waals surface area contributed by atoms with Crippen LogP contribution in [0.5, 0.6) is 0 Å². The van der Waals surface area contributed by atoms with Crippen molar-refractivity contribution in [3.05, 3.63) is 0 Å². The van der Waals surface area contributed by atoms with E-state index in [1.54, 1.807) is 0 Å². The second kappa shape index (κ2) is 4.32. The second-order valence-corrected chi connectivity index (χ2v) is 4.56. The van der Waals surface area contributed by atoms with Gasteiger partial charge in [-0.3, -0.25) is 4.55 Å². The predicted molar refractivity (Wildman–Crippen MR) is 48.4 cm³/mol. The molecule has 0 aromatic carbocycles. The summed E-state index contributed by atoms with van der Waals surface area (Å²) in [5.41, 5.74) is 0. The number of rotatable bonds is 2. The van der Waals surface area contributed by atoms with Gasteiger partial charge in [0, 0.05) is 0 Å². The van der Waals surface area contributed by atoms with Crippen LogP contribution in [-0.4, -0.2) is 53.7 Å². The highest BCUT2D eigenvalue weighted by atomic mass is 32.3. The lowest BCUT2D eigenvalue weighted by Gasteiger charge is -2.39. The van der Waals surface area contributed by atoms with Gasteiger partial charge >= 0.3 is 10.4 Å². The Hall–Kier alpha value is -0.250. The van der Waals surface area contributed by atoms with Gasteiger partial charge in [-0.2, -0.15) is 8.42 Å². The highest BCUT2D eigenvalue weighted by Crippen LogP contribution is 2.23. The largest absolute Gasteiger partial charge is 0.397 e. The lowest BCUT2D eigenvalue weighted by molar-refractivity contribution is -0.205. The summed E-state index contributed by atoms with van der Waals surface area (Å²) in [5.74, 6) is 0. The van der Waals surface area contributed by atoms with Crippen LogP contribution in [0.25, 0.3) is 0 Å². The number of hydrogen-bond donors (Lipinski definition) is 3. The zero-order valence-electron chi connectivity index (χ0n) is 8.27. The van der Waals surface area contributed by atoms with E-state index in [-0.39, 0.29) is 0 Å². The molecular weight excluding hydrogens is 228 g/mol. The van der Waals surface area contributed by atoms with Crippen LogP contribution in [-0.2, 0) is 19.3 Å². The molecule has 1 heterocycles. The average molecular weight is 242 g/mol. The average Bonchev–Trinajstić information content (AvgIpc) is 2.07. The Balaban J connectivity index is 2.79. The van der Waals surface area contributed by atoms with Gasteiger partial charge in [-0.05, 0) is 13.8 Å². The van der Waals surface area contributed by atoms with E-state index in [9.17, 15) is 18.6 Å². The van der Waals surface area contributed by atoms with Gasteiger partial charge in [0.2, 0.25) is 0 Å². The molecule has 0 aromatic rings. The van der Waals surface area contributed by atoms with Gasteiger partial charge in [0.25, 0.3) is 0 Å². The Morgan fingerprint density at radius 2 is 1.67 bits per heavy atom. The molecule has 1 fully saturated rings. The molecule has 1 saturated heterocycles. The fraction of sp³-hybridized carbons (Fsp3) is 1.00. The summed E-state index contributed by atoms with van der Waals surface area (Å²) < 4.78 is 38.7. The summed E-state index contributed by atoms with van der Waals surface area (Å²) >= 11 is 0. The lowest BCUT2D eigenvalue weighted by atomic mass is 9.97. The maximum atomic E-state index is 10.5. The highest BCUT2D eigenvalue weighted by molar-refractivity contribution is 7.80. The summed E-state index contributed by atoms with van der Waals surface area (Å²) in [6.07, 6.45) is -5.37. The van der Waals surface area contributed by atoms with E-state index in [2.05, 4.69) is 4.18 Å². The minimum absolute atomic E-state index is 0.628. The Morgan fingerprint density at radius 1 is 1.13 bits per heavy atom. The van der Waals surface area contributed by atoms with Crippen LogP contribution in [0.2, 0.25) is 0 Å². The first-order valence-electron chi connectivity index (χ1n) is 4.39. The zero-order chi connectivity index (χ0) is 11.8. The molecule has 5 atom stereocenters. The molecular formula is C7H14O7S. The Bertz CT molecular complexity index is 313. The molecule has 15 heavy (non-hydrogen) atoms. The van der Waals surface area contributed by atoms with Crippen molar-refractivity contribution in [2.75, 3.05) is 0 Å². The van der Waals surface area contributed by atoms with Gasteiger partial charge in [0.1, 0.15) is 18.3 Å². The summed E-state index contributed by atoms with van der Waals surface area (Å²) in [7, 11) is -4.68. The molecule has 0 aromatic heterocycles. The molecule has 0 amide bonds. The maximum Gasteiger partial charge on any atom is 0.397 e. The van der Waals surface area contributed by atoms with Crippen molar-refractivity contribution in [3.63, 3.8) is 0 Å². The molecule has 0 saturated carbocycles. The third kappa shape index (κ3) is 3.10. The number of hydrogen-bond acceptors (Lipinski definition) is 6. The first kappa shape index (κ1) is 12.8. The van der Waals surface area contributed by atoms with Gasteiger partial charge < -0.3 is 14.9 Å². The molecule has 0 bridgehead atoms. The van der Waals surface area contributed by atoms with E-state index in [4.69, 9.17) is 9.29 Å². The van der Waals surface area contributed by atoms with Gasteiger partial charge in [-0.1, -0.05) is 0 Å². The summed E-state index contributed by atoms with van der Waals surface area (Å²) in [5, 5.41) is 18.9. The maximum absolute atomic E-state index is 10.5. The van der Waals surface area contributed by atoms with Crippen LogP contribution < -0.4 is 0 Å². The Kier molecular flexibility index (Phi) is 3.69. The number of aliphatic hydroxyl groups is 2. The number of ether oxygens (including phenoxy) is 1. The van der Waals surface area contributed by atoms with E-state index < -0.39 is 40.9 Å². The van der Waals surface area contributed by atoms with E-state index in [0.29, 0.717) is 0 Å². The van der Waals surface area contributed by atoms with Crippen LogP contribution >= 0.6 is 0 Å². The minimum Gasteiger partial charge on any atom is -0.388 e. The molecule has 8 heteroatoms. The molecule has 7 nitrogen and oxygen atoms in total. The van der Waals surface area contributed by atoms with E-state index in [0.717, 1.165) is 0 Å². The molecule has 1 rings (SSSR count). The topological polar surface area (TPSA) is 113 Å². The number of aliphatic hydroxyl groups excluding tert-OH is 2. The van der Waals surface area contributed by atoms with Crippen molar-refractivity contribution in [1.29, 1.82) is 0 Å². The predicted octanol–water partition coefficient (Wildman–Crippen LogP) is -1.30. The van der Waals surface area contributed by atoms with Crippen LogP contribution in [0.3, 0.4) is 0 Å². The SMILES string of the molecule is CC1OC(C)C(OS(=O)(=O)O)C(O)C1O. The molecule has 1 aliphatic heterocycles. The Labute approximate surface area is 87.6 Å². The molecule has 0 spiro atoms. The van der Waals surface area contributed by atoms with Gasteiger partial charge in [-0.15, -0.1) is 0 Å². The minimum atomic E-state index is -4.68. The van der Waals surface area contributed by atoms with Crippen molar-refractivity contribution in [2.45, 2.75) is 44.4 Å². The smallest absolute Gasteiger partial charge is 0.388 e. The van der Waals surface area contributed by atoms with Crippen LogP contribution in [0, 0.1) is 0 Å². The van der Waals surface area contributed by atoms with Crippen LogP contribution in [0.15, 0.2) is 0 Å². The second-order valence-electron chi connectivity index (χ2n) is 3.52. The van der Waals surface area contributed by atoms with Crippen LogP contribution in [0.4, 0.5) is 0 Å². The van der Waals surface area contributed by atoms with Gasteiger partial charge in [0.15, 0.2) is 0 Å². The monoisotopic (exact) mass is 242 g/mol. The molecule has 5 unspecified atom stereocenters. The van der Waals surface area contributed by atoms with E-state index in [1.165, 1.54) is 13.8 Å². The molecule has 0 radical (unpaired) electrons. The molecule has 0 aliphatic carbocycles. The van der Waals surface area contributed by atoms with Gasteiger partial charge in [0.05, 0.1) is 12.2 Å². The van der Waals surface area contributed by atoms with Crippen molar-refractivity contribution >= 4 is 10.4 Å². The lowest BCUT2D eigenvalue weighted by Crippen LogP contribution is -2.57. The summed E-state index contributed by atoms with van der Waals surface area (Å²) in [4.78, 5) is 0. The fourth-order valence-corrected chi connectivity index (χ4v) is 2.07. The van der Waals surface area contributed by atoms with Crippen molar-refractivity contribution < 1.29 is 32.1 Å². The standard InChI is InChI=1S/C7H14O7S/c1-3-5(8)6(9)7(4(2)13-3)14-15(10,11)12/h3-9H,1-2H3,(H,10,11,12). The third-order valence-electron chi connectivity index (χ3n) is 2.29. The van der Waals surface area contributed by atoms with Crippen LogP contribution in [0.1, 0.15) is 13.8 Å². The first-order chi connectivity index (χ1) is 6.72.